The molecule has 19 heavy (non-hydrogen) atoms. The lowest BCUT2D eigenvalue weighted by atomic mass is 10.4. The first kappa shape index (κ1) is 12.3. The number of hydrogen-bond donors (Lipinski definition) is 0. The molecule has 2 aromatic heterocycles. The van der Waals surface area contributed by atoms with Gasteiger partial charge in [-0.2, -0.15) is 0 Å². The van der Waals surface area contributed by atoms with Gasteiger partial charge in [0.1, 0.15) is 5.82 Å². The number of fused-ring (bicyclic) bond motifs is 1. The molecule has 0 bridgehead atoms. The number of aromatic nitrogens is 4. The Morgan fingerprint density at radius 1 is 1.26 bits per heavy atom. The average molecular weight is 281 g/mol. The van der Waals surface area contributed by atoms with E-state index < -0.39 is 9.84 Å². The van der Waals surface area contributed by atoms with Crippen molar-refractivity contribution in [3.05, 3.63) is 18.2 Å². The summed E-state index contributed by atoms with van der Waals surface area (Å²) >= 11 is 0. The highest BCUT2D eigenvalue weighted by Crippen LogP contribution is 2.19. The van der Waals surface area contributed by atoms with Gasteiger partial charge < -0.3 is 4.90 Å². The second-order valence-corrected chi connectivity index (χ2v) is 6.86. The molecule has 0 radical (unpaired) electrons. The van der Waals surface area contributed by atoms with Crippen LogP contribution >= 0.6 is 0 Å². The predicted octanol–water partition coefficient (Wildman–Crippen LogP) is -0.0785. The smallest absolute Gasteiger partial charge is 0.203 e. The minimum absolute atomic E-state index is 0.171. The molecule has 0 amide bonds. The van der Waals surface area contributed by atoms with Crippen molar-refractivity contribution in [1.82, 2.24) is 19.6 Å². The van der Waals surface area contributed by atoms with Gasteiger partial charge in [-0.25, -0.2) is 13.4 Å². The van der Waals surface area contributed by atoms with E-state index >= 15 is 0 Å². The second-order valence-electron chi connectivity index (χ2n) is 4.55. The fraction of sp³-hybridized carbons (Fsp3) is 0.545. The molecule has 7 nitrogen and oxygen atoms in total. The van der Waals surface area contributed by atoms with Gasteiger partial charge in [0.15, 0.2) is 15.7 Å². The van der Waals surface area contributed by atoms with Crippen LogP contribution in [0, 0.1) is 0 Å². The Morgan fingerprint density at radius 2 is 2.00 bits per heavy atom. The first-order chi connectivity index (χ1) is 9.11. The number of aryl methyl sites for hydroxylation is 1. The number of nitrogens with zero attached hydrogens (tertiary/aromatic N) is 5. The van der Waals surface area contributed by atoms with Gasteiger partial charge >= 0.3 is 0 Å². The van der Waals surface area contributed by atoms with Gasteiger partial charge in [-0.05, 0) is 0 Å². The van der Waals surface area contributed by atoms with E-state index in [2.05, 4.69) is 15.2 Å². The Morgan fingerprint density at radius 3 is 2.68 bits per heavy atom. The molecule has 0 unspecified atom stereocenters. The maximum atomic E-state index is 11.5. The van der Waals surface area contributed by atoms with E-state index in [1.165, 1.54) is 0 Å². The van der Waals surface area contributed by atoms with Gasteiger partial charge in [0.2, 0.25) is 5.65 Å². The summed E-state index contributed by atoms with van der Waals surface area (Å²) in [5.74, 6) is 1.93. The molecule has 0 saturated carbocycles. The molecule has 1 saturated heterocycles. The van der Waals surface area contributed by atoms with E-state index in [0.29, 0.717) is 24.6 Å². The van der Waals surface area contributed by atoms with Gasteiger partial charge in [0.05, 0.1) is 11.5 Å². The van der Waals surface area contributed by atoms with Gasteiger partial charge in [-0.15, -0.1) is 10.2 Å². The topological polar surface area (TPSA) is 80.5 Å². The normalized spacial score (nSPS) is 18.9. The molecule has 0 N–H and O–H groups in total. The van der Waals surface area contributed by atoms with Crippen molar-refractivity contribution in [1.29, 1.82) is 0 Å². The van der Waals surface area contributed by atoms with Gasteiger partial charge in [-0.3, -0.25) is 4.40 Å². The fourth-order valence-electron chi connectivity index (χ4n) is 2.25. The average Bonchev–Trinajstić information content (AvgIpc) is 2.82. The minimum atomic E-state index is -2.89. The zero-order valence-corrected chi connectivity index (χ0v) is 11.5. The lowest BCUT2D eigenvalue weighted by Gasteiger charge is -2.27. The van der Waals surface area contributed by atoms with Crippen LogP contribution in [0.25, 0.3) is 5.65 Å². The highest BCUT2D eigenvalue weighted by atomic mass is 32.2. The van der Waals surface area contributed by atoms with Crippen LogP contribution in [0.3, 0.4) is 0 Å². The van der Waals surface area contributed by atoms with Crippen molar-refractivity contribution in [2.75, 3.05) is 29.5 Å². The van der Waals surface area contributed by atoms with Crippen molar-refractivity contribution < 1.29 is 8.42 Å². The van der Waals surface area contributed by atoms with Gasteiger partial charge in [-0.1, -0.05) is 6.92 Å². The van der Waals surface area contributed by atoms with Crippen LogP contribution in [-0.4, -0.2) is 52.6 Å². The summed E-state index contributed by atoms with van der Waals surface area (Å²) in [6, 6.07) is 0. The lowest BCUT2D eigenvalue weighted by Crippen LogP contribution is -2.40. The van der Waals surface area contributed by atoms with E-state index in [0.717, 1.165) is 12.2 Å². The number of rotatable bonds is 2. The summed E-state index contributed by atoms with van der Waals surface area (Å²) in [6.07, 6.45) is 4.32. The molecule has 102 valence electrons. The van der Waals surface area contributed by atoms with Crippen LogP contribution < -0.4 is 4.90 Å². The fourth-order valence-corrected chi connectivity index (χ4v) is 3.45. The number of sulfone groups is 1. The Bertz CT molecular complexity index is 695. The predicted molar refractivity (Wildman–Crippen MR) is 71.0 cm³/mol. The van der Waals surface area contributed by atoms with Gasteiger partial charge in [0.25, 0.3) is 0 Å². The van der Waals surface area contributed by atoms with Crippen molar-refractivity contribution in [2.45, 2.75) is 13.3 Å². The SMILES string of the molecule is CCc1nnc2c(N3CCS(=O)(=O)CC3)nccn12. The van der Waals surface area contributed by atoms with Crippen molar-refractivity contribution in [3.8, 4) is 0 Å². The van der Waals surface area contributed by atoms with Crippen molar-refractivity contribution >= 4 is 21.3 Å². The summed E-state index contributed by atoms with van der Waals surface area (Å²) in [4.78, 5) is 6.30. The molecule has 0 atom stereocenters. The molecule has 8 heteroatoms. The molecule has 3 heterocycles. The van der Waals surface area contributed by atoms with Crippen LogP contribution in [0.5, 0.6) is 0 Å². The quantitative estimate of drug-likeness (QED) is 0.766. The largest absolute Gasteiger partial charge is 0.351 e. The lowest BCUT2D eigenvalue weighted by molar-refractivity contribution is 0.586. The van der Waals surface area contributed by atoms with Crippen LogP contribution in [0.15, 0.2) is 12.4 Å². The molecular formula is C11H15N5O2S. The Hall–Kier alpha value is -1.70. The van der Waals surface area contributed by atoms with Crippen LogP contribution in [0.4, 0.5) is 5.82 Å². The third-order valence-corrected chi connectivity index (χ3v) is 4.95. The third kappa shape index (κ3) is 2.16. The van der Waals surface area contributed by atoms with E-state index in [9.17, 15) is 8.42 Å². The molecule has 1 fully saturated rings. The van der Waals surface area contributed by atoms with Crippen molar-refractivity contribution in [2.24, 2.45) is 0 Å². The molecule has 0 aliphatic carbocycles. The molecule has 1 aliphatic rings. The zero-order chi connectivity index (χ0) is 13.5. The molecule has 0 aromatic carbocycles. The van der Waals surface area contributed by atoms with Crippen LogP contribution in [0.2, 0.25) is 0 Å². The first-order valence-corrected chi connectivity index (χ1v) is 8.07. The summed E-state index contributed by atoms with van der Waals surface area (Å²) in [5, 5.41) is 8.29. The van der Waals surface area contributed by atoms with E-state index in [1.54, 1.807) is 6.20 Å². The first-order valence-electron chi connectivity index (χ1n) is 6.25. The summed E-state index contributed by atoms with van der Waals surface area (Å²) in [5.41, 5.74) is 0.693. The second kappa shape index (κ2) is 4.44. The van der Waals surface area contributed by atoms with Crippen LogP contribution in [-0.2, 0) is 16.3 Å². The zero-order valence-electron chi connectivity index (χ0n) is 10.7. The molecule has 1 aliphatic heterocycles. The van der Waals surface area contributed by atoms with E-state index in [-0.39, 0.29) is 11.5 Å². The van der Waals surface area contributed by atoms with E-state index in [1.807, 2.05) is 22.4 Å². The Labute approximate surface area is 111 Å². The van der Waals surface area contributed by atoms with Crippen LogP contribution in [0.1, 0.15) is 12.7 Å². The highest BCUT2D eigenvalue weighted by molar-refractivity contribution is 7.91. The maximum absolute atomic E-state index is 11.5. The van der Waals surface area contributed by atoms with Gasteiger partial charge in [0, 0.05) is 31.9 Å². The van der Waals surface area contributed by atoms with Crippen molar-refractivity contribution in [3.63, 3.8) is 0 Å². The minimum Gasteiger partial charge on any atom is -0.351 e. The summed E-state index contributed by atoms with van der Waals surface area (Å²) in [7, 11) is -2.89. The Kier molecular flexibility index (Phi) is 2.89. The standard InChI is InChI=1S/C11H15N5O2S/c1-2-9-13-14-11-10(12-3-4-16(9)11)15-5-7-19(17,18)8-6-15/h3-4H,2,5-8H2,1H3. The Balaban J connectivity index is 1.99. The highest BCUT2D eigenvalue weighted by Gasteiger charge is 2.24. The monoisotopic (exact) mass is 281 g/mol. The number of anilines is 1. The summed E-state index contributed by atoms with van der Waals surface area (Å²) < 4.78 is 24.8. The third-order valence-electron chi connectivity index (χ3n) is 3.34. The van der Waals surface area contributed by atoms with E-state index in [4.69, 9.17) is 0 Å². The molecule has 2 aromatic rings. The maximum Gasteiger partial charge on any atom is 0.203 e. The molecular weight excluding hydrogens is 266 g/mol. The molecule has 3 rings (SSSR count). The number of hydrogen-bond acceptors (Lipinski definition) is 6. The molecule has 0 spiro atoms. The summed E-state index contributed by atoms with van der Waals surface area (Å²) in [6.45, 7) is 2.94.